The molecule has 0 bridgehead atoms. The Hall–Kier alpha value is -2.97. The lowest BCUT2D eigenvalue weighted by Crippen LogP contribution is -2.11. The van der Waals surface area contributed by atoms with Crippen LogP contribution in [0.1, 0.15) is 37.6 Å². The summed E-state index contributed by atoms with van der Waals surface area (Å²) in [5.41, 5.74) is 2.20. The monoisotopic (exact) mass is 401 g/mol. The van der Waals surface area contributed by atoms with Crippen molar-refractivity contribution in [2.75, 3.05) is 0 Å². The molecule has 0 radical (unpaired) electrons. The van der Waals surface area contributed by atoms with Gasteiger partial charge < -0.3 is 10.1 Å². The Balaban J connectivity index is 0.00000300. The summed E-state index contributed by atoms with van der Waals surface area (Å²) in [6, 6.07) is 11.0. The Bertz CT molecular complexity index is 1170. The third-order valence-electron chi connectivity index (χ3n) is 4.24. The fourth-order valence-electron chi connectivity index (χ4n) is 2.85. The van der Waals surface area contributed by atoms with Gasteiger partial charge in [0, 0.05) is 30.5 Å². The molecule has 0 atom stereocenters. The maximum absolute atomic E-state index is 12.3. The van der Waals surface area contributed by atoms with E-state index in [0.717, 1.165) is 0 Å². The first-order valence-corrected chi connectivity index (χ1v) is 10.2. The lowest BCUT2D eigenvalue weighted by atomic mass is 9.99. The number of aromatic amines is 1. The minimum Gasteiger partial charge on any atom is -0.494 e. The minimum absolute atomic E-state index is 0. The average molecular weight is 401 g/mol. The van der Waals surface area contributed by atoms with Crippen molar-refractivity contribution in [1.82, 2.24) is 4.98 Å². The van der Waals surface area contributed by atoms with Gasteiger partial charge in [-0.2, -0.15) is 0 Å². The van der Waals surface area contributed by atoms with Crippen LogP contribution in [0, 0.1) is 5.92 Å². The Kier molecular flexibility index (Phi) is 5.35. The SMILES string of the molecule is CC(C)CC(=O)c1ccc2[nH]c(O)c(C=Nc3ccc(S(N)(=O)=O)cc3)c2c1.[HH]. The molecule has 3 rings (SSSR count). The van der Waals surface area contributed by atoms with Gasteiger partial charge in [-0.25, -0.2) is 13.6 Å². The third-order valence-corrected chi connectivity index (χ3v) is 5.17. The predicted octanol–water partition coefficient (Wildman–Crippen LogP) is 3.75. The van der Waals surface area contributed by atoms with E-state index >= 15 is 0 Å². The number of primary sulfonamides is 1. The molecule has 1 aromatic heterocycles. The molecule has 4 N–H and O–H groups in total. The molecule has 0 aliphatic heterocycles. The van der Waals surface area contributed by atoms with E-state index in [1.807, 2.05) is 13.8 Å². The molecule has 1 heterocycles. The number of nitrogens with zero attached hydrogens (tertiary/aromatic N) is 1. The summed E-state index contributed by atoms with van der Waals surface area (Å²) in [6.45, 7) is 3.97. The second-order valence-electron chi connectivity index (χ2n) is 6.97. The van der Waals surface area contributed by atoms with Crippen molar-refractivity contribution in [2.24, 2.45) is 16.0 Å². The minimum atomic E-state index is -3.76. The van der Waals surface area contributed by atoms with Gasteiger partial charge in [0.25, 0.3) is 0 Å². The fraction of sp³-hybridized carbons (Fsp3) is 0.200. The van der Waals surface area contributed by atoms with Crippen molar-refractivity contribution in [3.63, 3.8) is 0 Å². The molecule has 0 amide bonds. The number of aliphatic imine (C=N–C) groups is 1. The zero-order valence-electron chi connectivity index (χ0n) is 15.5. The van der Waals surface area contributed by atoms with Crippen LogP contribution in [0.5, 0.6) is 5.88 Å². The van der Waals surface area contributed by atoms with Gasteiger partial charge in [-0.1, -0.05) is 13.8 Å². The van der Waals surface area contributed by atoms with Crippen LogP contribution < -0.4 is 5.14 Å². The molecule has 0 saturated heterocycles. The van der Waals surface area contributed by atoms with E-state index in [0.29, 0.717) is 34.1 Å². The normalized spacial score (nSPS) is 12.3. The highest BCUT2D eigenvalue weighted by molar-refractivity contribution is 7.89. The number of Topliss-reactive ketones (excluding diaryl/α,β-unsaturated/α-hetero) is 1. The number of carbonyl (C=O) groups excluding carboxylic acids is 1. The second-order valence-corrected chi connectivity index (χ2v) is 8.53. The Morgan fingerprint density at radius 3 is 2.54 bits per heavy atom. The second kappa shape index (κ2) is 7.57. The van der Waals surface area contributed by atoms with Gasteiger partial charge in [-0.3, -0.25) is 9.79 Å². The molecule has 0 saturated carbocycles. The number of nitrogens with two attached hydrogens (primary N) is 1. The van der Waals surface area contributed by atoms with E-state index in [1.54, 1.807) is 18.2 Å². The van der Waals surface area contributed by atoms with Crippen LogP contribution in [0.2, 0.25) is 0 Å². The fourth-order valence-corrected chi connectivity index (χ4v) is 3.37. The number of ketones is 1. The van der Waals surface area contributed by atoms with Gasteiger partial charge in [0.1, 0.15) is 0 Å². The Morgan fingerprint density at radius 2 is 1.93 bits per heavy atom. The molecular weight excluding hydrogens is 378 g/mol. The molecule has 0 fully saturated rings. The lowest BCUT2D eigenvalue weighted by Gasteiger charge is -2.04. The van der Waals surface area contributed by atoms with Crippen molar-refractivity contribution < 1.29 is 19.7 Å². The van der Waals surface area contributed by atoms with Gasteiger partial charge in [0.2, 0.25) is 10.0 Å². The van der Waals surface area contributed by atoms with E-state index in [4.69, 9.17) is 5.14 Å². The van der Waals surface area contributed by atoms with E-state index in [-0.39, 0.29) is 23.9 Å². The maximum Gasteiger partial charge on any atom is 0.238 e. The van der Waals surface area contributed by atoms with Crippen molar-refractivity contribution in [1.29, 1.82) is 0 Å². The third kappa shape index (κ3) is 4.29. The Labute approximate surface area is 164 Å². The standard InChI is InChI=1S/C20H21N3O4S.H2/c1-12(2)9-19(24)13-3-8-18-16(10-13)17(20(25)23-18)11-22-14-4-6-15(7-5-14)28(21,26)27;/h3-8,10-12,23,25H,9H2,1-2H3,(H2,21,26,27);1H. The lowest BCUT2D eigenvalue weighted by molar-refractivity contribution is 0.0968. The quantitative estimate of drug-likeness (QED) is 0.429. The summed E-state index contributed by atoms with van der Waals surface area (Å²) in [5.74, 6) is 0.233. The first-order chi connectivity index (χ1) is 13.1. The maximum atomic E-state index is 12.3. The molecule has 148 valence electrons. The molecule has 0 spiro atoms. The van der Waals surface area contributed by atoms with E-state index in [9.17, 15) is 18.3 Å². The van der Waals surface area contributed by atoms with Gasteiger partial charge in [-0.05, 0) is 48.4 Å². The first kappa shape index (κ1) is 19.8. The number of benzene rings is 2. The number of nitrogens with one attached hydrogen (secondary N) is 1. The molecule has 8 heteroatoms. The van der Waals surface area contributed by atoms with Gasteiger partial charge in [-0.15, -0.1) is 0 Å². The summed E-state index contributed by atoms with van der Waals surface area (Å²) in [5, 5.41) is 16.0. The Morgan fingerprint density at radius 1 is 1.25 bits per heavy atom. The largest absolute Gasteiger partial charge is 0.494 e. The molecule has 0 unspecified atom stereocenters. The average Bonchev–Trinajstić information content (AvgIpc) is 2.93. The summed E-state index contributed by atoms with van der Waals surface area (Å²) < 4.78 is 22.6. The van der Waals surface area contributed by atoms with Gasteiger partial charge in [0.15, 0.2) is 11.7 Å². The number of carbonyl (C=O) groups is 1. The summed E-state index contributed by atoms with van der Waals surface area (Å²) >= 11 is 0. The first-order valence-electron chi connectivity index (χ1n) is 8.70. The van der Waals surface area contributed by atoms with E-state index in [1.165, 1.54) is 30.5 Å². The number of aromatic hydroxyl groups is 1. The van der Waals surface area contributed by atoms with Crippen molar-refractivity contribution in [3.8, 4) is 5.88 Å². The van der Waals surface area contributed by atoms with Crippen LogP contribution in [-0.4, -0.2) is 30.5 Å². The molecule has 28 heavy (non-hydrogen) atoms. The highest BCUT2D eigenvalue weighted by atomic mass is 32.2. The van der Waals surface area contributed by atoms with Crippen LogP contribution in [-0.2, 0) is 10.0 Å². The van der Waals surface area contributed by atoms with Crippen LogP contribution >= 0.6 is 0 Å². The highest BCUT2D eigenvalue weighted by Crippen LogP contribution is 2.28. The highest BCUT2D eigenvalue weighted by Gasteiger charge is 2.14. The van der Waals surface area contributed by atoms with Gasteiger partial charge in [0.05, 0.1) is 16.1 Å². The zero-order valence-corrected chi connectivity index (χ0v) is 16.3. The summed E-state index contributed by atoms with van der Waals surface area (Å²) in [6.07, 6.45) is 1.92. The van der Waals surface area contributed by atoms with Crippen LogP contribution in [0.25, 0.3) is 10.9 Å². The molecule has 3 aromatic rings. The van der Waals surface area contributed by atoms with Crippen molar-refractivity contribution in [3.05, 3.63) is 53.6 Å². The number of H-pyrrole nitrogens is 1. The summed E-state index contributed by atoms with van der Waals surface area (Å²) in [4.78, 5) is 19.5. The van der Waals surface area contributed by atoms with Gasteiger partial charge >= 0.3 is 0 Å². The number of sulfonamides is 1. The smallest absolute Gasteiger partial charge is 0.238 e. The molecule has 7 nitrogen and oxygen atoms in total. The molecular formula is C20H23N3O4S. The van der Waals surface area contributed by atoms with Crippen LogP contribution in [0.3, 0.4) is 0 Å². The topological polar surface area (TPSA) is 126 Å². The number of hydrogen-bond acceptors (Lipinski definition) is 5. The summed E-state index contributed by atoms with van der Waals surface area (Å²) in [7, 11) is -3.76. The van der Waals surface area contributed by atoms with Crippen LogP contribution in [0.15, 0.2) is 52.4 Å². The molecule has 0 aliphatic carbocycles. The number of rotatable bonds is 6. The van der Waals surface area contributed by atoms with E-state index < -0.39 is 10.0 Å². The zero-order chi connectivity index (χ0) is 20.5. The van der Waals surface area contributed by atoms with Crippen molar-refractivity contribution >= 4 is 38.6 Å². The number of hydrogen-bond donors (Lipinski definition) is 3. The predicted molar refractivity (Wildman–Crippen MR) is 111 cm³/mol. The molecule has 2 aromatic carbocycles. The number of fused-ring (bicyclic) bond motifs is 1. The van der Waals surface area contributed by atoms with Crippen molar-refractivity contribution in [2.45, 2.75) is 25.2 Å². The molecule has 0 aliphatic rings. The number of aromatic nitrogens is 1. The van der Waals surface area contributed by atoms with E-state index in [2.05, 4.69) is 9.98 Å². The van der Waals surface area contributed by atoms with Crippen LogP contribution in [0.4, 0.5) is 5.69 Å².